The third-order valence-electron chi connectivity index (χ3n) is 8.74. The maximum Gasteiger partial charge on any atom is 0.302 e. The molecular formula is C22H32O4. The molecule has 3 fully saturated rings. The van der Waals surface area contributed by atoms with Gasteiger partial charge in [0.05, 0.1) is 5.41 Å². The number of esters is 1. The first kappa shape index (κ1) is 18.2. The summed E-state index contributed by atoms with van der Waals surface area (Å²) in [5, 5.41) is 10.1. The molecule has 4 heteroatoms. The van der Waals surface area contributed by atoms with Crippen molar-refractivity contribution < 1.29 is 19.4 Å². The lowest BCUT2D eigenvalue weighted by atomic mass is 9.39. The topological polar surface area (TPSA) is 63.6 Å². The van der Waals surface area contributed by atoms with Crippen LogP contribution in [0.5, 0.6) is 0 Å². The average Bonchev–Trinajstić information content (AvgIpc) is 2.74. The standard InChI is InChI=1S/C22H32O4/c1-14(24)26-18-19(2)9-6-15-21(4)8-5-7-20(3,13-23)16(21)12-17(25)22(15,18)11-10-19/h10-11,15-16,18,23H,5-9,12-13H2,1-4H3/t15-,16+,18-,19+,20+,21-,22+/m0/s1. The predicted molar refractivity (Wildman–Crippen MR) is 98.2 cm³/mol. The van der Waals surface area contributed by atoms with Gasteiger partial charge in [-0.15, -0.1) is 0 Å². The molecule has 144 valence electrons. The molecule has 1 N–H and O–H groups in total. The Kier molecular flexibility index (Phi) is 3.81. The van der Waals surface area contributed by atoms with Gasteiger partial charge in [-0.05, 0) is 48.3 Å². The van der Waals surface area contributed by atoms with Gasteiger partial charge in [-0.3, -0.25) is 9.59 Å². The average molecular weight is 360 g/mol. The highest BCUT2D eigenvalue weighted by Gasteiger charge is 2.71. The first-order valence-corrected chi connectivity index (χ1v) is 10.1. The fourth-order valence-electron chi connectivity index (χ4n) is 7.43. The molecule has 0 radical (unpaired) electrons. The summed E-state index contributed by atoms with van der Waals surface area (Å²) in [5.41, 5.74) is -1.10. The second kappa shape index (κ2) is 5.43. The monoisotopic (exact) mass is 360 g/mol. The molecule has 3 saturated carbocycles. The van der Waals surface area contributed by atoms with E-state index in [0.717, 1.165) is 32.1 Å². The Morgan fingerprint density at radius 2 is 1.92 bits per heavy atom. The van der Waals surface area contributed by atoms with E-state index in [9.17, 15) is 14.7 Å². The van der Waals surface area contributed by atoms with E-state index in [2.05, 4.69) is 32.9 Å². The number of aliphatic hydroxyl groups is 1. The Morgan fingerprint density at radius 1 is 1.19 bits per heavy atom. The second-order valence-electron chi connectivity index (χ2n) is 10.2. The number of hydrogen-bond donors (Lipinski definition) is 1. The fraction of sp³-hybridized carbons (Fsp3) is 0.818. The van der Waals surface area contributed by atoms with Crippen molar-refractivity contribution in [2.75, 3.05) is 6.61 Å². The Morgan fingerprint density at radius 3 is 2.58 bits per heavy atom. The number of ether oxygens (including phenoxy) is 1. The van der Waals surface area contributed by atoms with Crippen molar-refractivity contribution in [3.8, 4) is 0 Å². The van der Waals surface area contributed by atoms with E-state index in [1.165, 1.54) is 6.92 Å². The minimum absolute atomic E-state index is 0.00194. The molecule has 4 aliphatic carbocycles. The van der Waals surface area contributed by atoms with Crippen molar-refractivity contribution >= 4 is 11.8 Å². The van der Waals surface area contributed by atoms with Gasteiger partial charge in [0.15, 0.2) is 0 Å². The van der Waals surface area contributed by atoms with Crippen LogP contribution >= 0.6 is 0 Å². The predicted octanol–water partition coefficient (Wildman–Crippen LogP) is 3.67. The van der Waals surface area contributed by atoms with Crippen LogP contribution in [0.25, 0.3) is 0 Å². The Balaban J connectivity index is 1.83. The number of Topliss-reactive ketones (excluding diaryl/α,β-unsaturated/α-hetero) is 1. The molecule has 0 saturated heterocycles. The number of rotatable bonds is 2. The summed E-state index contributed by atoms with van der Waals surface area (Å²) < 4.78 is 5.84. The summed E-state index contributed by atoms with van der Waals surface area (Å²) >= 11 is 0. The van der Waals surface area contributed by atoms with Crippen LogP contribution in [0.1, 0.15) is 66.2 Å². The van der Waals surface area contributed by atoms with Gasteiger partial charge in [0.25, 0.3) is 0 Å². The highest BCUT2D eigenvalue weighted by molar-refractivity contribution is 5.91. The lowest BCUT2D eigenvalue weighted by Gasteiger charge is -2.64. The number of hydrogen-bond acceptors (Lipinski definition) is 4. The quantitative estimate of drug-likeness (QED) is 0.603. The maximum atomic E-state index is 13.6. The number of ketones is 1. The van der Waals surface area contributed by atoms with Crippen molar-refractivity contribution in [1.29, 1.82) is 0 Å². The summed E-state index contributed by atoms with van der Waals surface area (Å²) in [6.07, 6.45) is 9.46. The van der Waals surface area contributed by atoms with Crippen molar-refractivity contribution in [3.63, 3.8) is 0 Å². The van der Waals surface area contributed by atoms with E-state index in [4.69, 9.17) is 4.74 Å². The Labute approximate surface area is 156 Å². The lowest BCUT2D eigenvalue weighted by molar-refractivity contribution is -0.205. The first-order valence-electron chi connectivity index (χ1n) is 10.1. The largest absolute Gasteiger partial charge is 0.460 e. The van der Waals surface area contributed by atoms with E-state index in [-0.39, 0.29) is 52.5 Å². The highest BCUT2D eigenvalue weighted by Crippen LogP contribution is 2.71. The number of carbonyl (C=O) groups is 2. The third-order valence-corrected chi connectivity index (χ3v) is 8.74. The summed E-state index contributed by atoms with van der Waals surface area (Å²) in [7, 11) is 0. The molecule has 26 heavy (non-hydrogen) atoms. The molecule has 0 amide bonds. The van der Waals surface area contributed by atoms with Crippen LogP contribution in [0, 0.1) is 33.5 Å². The number of aliphatic hydroxyl groups excluding tert-OH is 1. The van der Waals surface area contributed by atoms with Gasteiger partial charge in [-0.2, -0.15) is 0 Å². The molecule has 1 spiro atoms. The number of fused-ring (bicyclic) bond motifs is 3. The smallest absolute Gasteiger partial charge is 0.302 e. The van der Waals surface area contributed by atoms with Gasteiger partial charge in [0, 0.05) is 25.4 Å². The van der Waals surface area contributed by atoms with Gasteiger partial charge in [-0.25, -0.2) is 0 Å². The van der Waals surface area contributed by atoms with Crippen LogP contribution in [0.15, 0.2) is 12.2 Å². The summed E-state index contributed by atoms with van der Waals surface area (Å²) in [6, 6.07) is 0. The zero-order valence-corrected chi connectivity index (χ0v) is 16.5. The normalized spacial score (nSPS) is 52.3. The zero-order valence-electron chi connectivity index (χ0n) is 16.5. The molecule has 0 aliphatic heterocycles. The first-order chi connectivity index (χ1) is 12.1. The molecule has 0 aromatic heterocycles. The molecule has 0 aromatic rings. The molecule has 2 bridgehead atoms. The van der Waals surface area contributed by atoms with Gasteiger partial charge in [-0.1, -0.05) is 39.3 Å². The van der Waals surface area contributed by atoms with Crippen LogP contribution in [0.4, 0.5) is 0 Å². The van der Waals surface area contributed by atoms with Crippen LogP contribution < -0.4 is 0 Å². The Bertz CT molecular complexity index is 684. The van der Waals surface area contributed by atoms with Crippen molar-refractivity contribution in [1.82, 2.24) is 0 Å². The minimum atomic E-state index is -0.669. The molecule has 0 heterocycles. The SMILES string of the molecule is CC(=O)O[C@@H]1[C@]23C=C[C@@]1(C)CC[C@H]2[C@]1(C)CCC[C@](C)(CO)[C@H]1CC3=O. The molecule has 4 nitrogen and oxygen atoms in total. The van der Waals surface area contributed by atoms with Crippen molar-refractivity contribution in [2.24, 2.45) is 33.5 Å². The summed E-state index contributed by atoms with van der Waals surface area (Å²) in [5.74, 6) is 0.308. The van der Waals surface area contributed by atoms with E-state index < -0.39 is 5.41 Å². The van der Waals surface area contributed by atoms with E-state index in [1.807, 2.05) is 0 Å². The highest BCUT2D eigenvalue weighted by atomic mass is 16.5. The summed E-state index contributed by atoms with van der Waals surface area (Å²) in [4.78, 5) is 25.5. The Hall–Kier alpha value is -1.16. The minimum Gasteiger partial charge on any atom is -0.460 e. The molecule has 4 aliphatic rings. The maximum absolute atomic E-state index is 13.6. The molecule has 0 aromatic carbocycles. The van der Waals surface area contributed by atoms with Crippen molar-refractivity contribution in [3.05, 3.63) is 12.2 Å². The van der Waals surface area contributed by atoms with Crippen LogP contribution in [-0.4, -0.2) is 29.6 Å². The van der Waals surface area contributed by atoms with Crippen molar-refractivity contribution in [2.45, 2.75) is 72.3 Å². The van der Waals surface area contributed by atoms with Gasteiger partial charge < -0.3 is 9.84 Å². The van der Waals surface area contributed by atoms with Gasteiger partial charge in [0.1, 0.15) is 11.9 Å². The van der Waals surface area contributed by atoms with E-state index in [0.29, 0.717) is 6.42 Å². The van der Waals surface area contributed by atoms with Crippen LogP contribution in [0.3, 0.4) is 0 Å². The van der Waals surface area contributed by atoms with Gasteiger partial charge >= 0.3 is 5.97 Å². The fourth-order valence-corrected chi connectivity index (χ4v) is 7.43. The van der Waals surface area contributed by atoms with Crippen LogP contribution in [-0.2, 0) is 14.3 Å². The third kappa shape index (κ3) is 2.05. The van der Waals surface area contributed by atoms with E-state index in [1.54, 1.807) is 0 Å². The molecule has 4 rings (SSSR count). The zero-order chi connectivity index (χ0) is 19.0. The van der Waals surface area contributed by atoms with E-state index >= 15 is 0 Å². The van der Waals surface area contributed by atoms with Crippen LogP contribution in [0.2, 0.25) is 0 Å². The molecule has 7 atom stereocenters. The lowest BCUT2D eigenvalue weighted by Crippen LogP contribution is -2.66. The van der Waals surface area contributed by atoms with Gasteiger partial charge in [0.2, 0.25) is 0 Å². The number of carbonyl (C=O) groups excluding carboxylic acids is 2. The molecular weight excluding hydrogens is 328 g/mol. The second-order valence-corrected chi connectivity index (χ2v) is 10.2. The summed E-state index contributed by atoms with van der Waals surface area (Å²) in [6.45, 7) is 8.21. The molecule has 0 unspecified atom stereocenters.